The van der Waals surface area contributed by atoms with Crippen LogP contribution >= 0.6 is 0 Å². The smallest absolute Gasteiger partial charge is 0.327 e. The van der Waals surface area contributed by atoms with Crippen LogP contribution in [-0.2, 0) is 35.3 Å². The maximum Gasteiger partial charge on any atom is 0.327 e. The molecular weight excluding hydrogens is 787 g/mol. The van der Waals surface area contributed by atoms with Crippen molar-refractivity contribution < 1.29 is 46.9 Å². The molecule has 0 saturated heterocycles. The van der Waals surface area contributed by atoms with Gasteiger partial charge in [-0.05, 0) is 69.4 Å². The Bertz CT molecular complexity index is 2190. The van der Waals surface area contributed by atoms with Gasteiger partial charge in [-0.25, -0.2) is 14.4 Å². The number of carboxylic acid groups (broad SMARTS) is 2. The fourth-order valence-corrected chi connectivity index (χ4v) is 8.53. The number of fused-ring (bicyclic) bond motifs is 2. The zero-order valence-electron chi connectivity index (χ0n) is 35.5. The van der Waals surface area contributed by atoms with Gasteiger partial charge < -0.3 is 31.1 Å². The standard InChI is InChI=1S/C45H59N5O9S/c1-8-11-21-37(40(51)46-27-16-15-20-34(42(54)55)48-43(56)47-33(18-10-3)41(52)53)50-36-22-14-13-19-31(36)44(4,5)39(50)24-17-23-38-45(6,7)32-29-30(60(57,58)59)25-26-35(32)49(38)28-12-9-2/h3,13-14,17,19,22-26,29,33-34,37H,8-9,11-12,15-16,18,20-21,27-28H2,1-2,4-7H3,(H5-,46,47,48,51,52,53,54,55,56,57,58,59)/p+1. The van der Waals surface area contributed by atoms with Gasteiger partial charge in [0.25, 0.3) is 10.1 Å². The van der Waals surface area contributed by atoms with Gasteiger partial charge in [-0.2, -0.15) is 13.0 Å². The summed E-state index contributed by atoms with van der Waals surface area (Å²) in [7, 11) is -4.40. The van der Waals surface area contributed by atoms with E-state index in [1.807, 2.05) is 38.1 Å². The second-order valence-electron chi connectivity index (χ2n) is 16.3. The van der Waals surface area contributed by atoms with Crippen LogP contribution in [0.5, 0.6) is 0 Å². The Morgan fingerprint density at radius 1 is 0.883 bits per heavy atom. The van der Waals surface area contributed by atoms with Crippen molar-refractivity contribution >= 4 is 51.1 Å². The number of amides is 3. The first-order valence-corrected chi connectivity index (χ1v) is 22.0. The highest BCUT2D eigenvalue weighted by molar-refractivity contribution is 7.85. The molecule has 0 aliphatic carbocycles. The molecule has 2 aliphatic rings. The summed E-state index contributed by atoms with van der Waals surface area (Å²) in [5, 5.41) is 26.5. The van der Waals surface area contributed by atoms with E-state index in [1.54, 1.807) is 12.1 Å². The van der Waals surface area contributed by atoms with Crippen LogP contribution in [0.25, 0.3) is 0 Å². The molecule has 3 atom stereocenters. The van der Waals surface area contributed by atoms with E-state index >= 15 is 0 Å². The molecule has 6 N–H and O–H groups in total. The second-order valence-corrected chi connectivity index (χ2v) is 17.8. The van der Waals surface area contributed by atoms with E-state index in [1.165, 1.54) is 6.07 Å². The van der Waals surface area contributed by atoms with E-state index in [9.17, 15) is 42.4 Å². The topological polar surface area (TPSA) is 205 Å². The van der Waals surface area contributed by atoms with Crippen LogP contribution in [0, 0.1) is 12.3 Å². The Balaban J connectivity index is 1.58. The lowest BCUT2D eigenvalue weighted by Gasteiger charge is -2.33. The predicted molar refractivity (Wildman–Crippen MR) is 231 cm³/mol. The van der Waals surface area contributed by atoms with E-state index in [-0.39, 0.29) is 30.2 Å². The molecule has 3 amide bonds. The number of terminal acetylenes is 1. The van der Waals surface area contributed by atoms with Crippen molar-refractivity contribution in [2.75, 3.05) is 18.0 Å². The molecule has 15 heteroatoms. The summed E-state index contributed by atoms with van der Waals surface area (Å²) in [5.41, 5.74) is 4.55. The highest BCUT2D eigenvalue weighted by atomic mass is 32.2. The maximum atomic E-state index is 14.2. The third kappa shape index (κ3) is 10.8. The lowest BCUT2D eigenvalue weighted by Crippen LogP contribution is -2.51. The van der Waals surface area contributed by atoms with Crippen LogP contribution in [0.1, 0.15) is 110 Å². The molecule has 3 unspecified atom stereocenters. The monoisotopic (exact) mass is 846 g/mol. The number of carbonyl (C=O) groups is 4. The molecule has 0 spiro atoms. The molecule has 0 radical (unpaired) electrons. The first kappa shape index (κ1) is 47.2. The molecule has 0 aromatic heterocycles. The van der Waals surface area contributed by atoms with Gasteiger partial charge in [0.1, 0.15) is 24.7 Å². The third-order valence-corrected chi connectivity index (χ3v) is 12.2. The van der Waals surface area contributed by atoms with E-state index < -0.39 is 57.0 Å². The highest BCUT2D eigenvalue weighted by Crippen LogP contribution is 2.49. The van der Waals surface area contributed by atoms with E-state index in [2.05, 4.69) is 77.3 Å². The molecule has 2 aromatic carbocycles. The fraction of sp³-hybridized carbons (Fsp3) is 0.489. The number of allylic oxidation sites excluding steroid dienone is 4. The number of nitrogens with one attached hydrogen (secondary N) is 3. The molecule has 324 valence electrons. The van der Waals surface area contributed by atoms with Crippen LogP contribution in [0.2, 0.25) is 0 Å². The lowest BCUT2D eigenvalue weighted by atomic mass is 9.81. The largest absolute Gasteiger partial charge is 0.480 e. The molecule has 2 aliphatic heterocycles. The Kier molecular flexibility index (Phi) is 15.9. The summed E-state index contributed by atoms with van der Waals surface area (Å²) in [6.45, 7) is 13.5. The molecule has 4 rings (SSSR count). The number of carbonyl (C=O) groups excluding carboxylic acids is 2. The van der Waals surface area contributed by atoms with Crippen LogP contribution in [0.15, 0.2) is 71.3 Å². The third-order valence-electron chi connectivity index (χ3n) is 11.3. The van der Waals surface area contributed by atoms with Gasteiger partial charge in [-0.15, -0.1) is 12.3 Å². The highest BCUT2D eigenvalue weighted by Gasteiger charge is 2.46. The number of unbranched alkanes of at least 4 members (excludes halogenated alkanes) is 3. The number of para-hydroxylation sites is 1. The maximum absolute atomic E-state index is 14.2. The molecule has 14 nitrogen and oxygen atoms in total. The Labute approximate surface area is 354 Å². The Morgan fingerprint density at radius 2 is 1.55 bits per heavy atom. The summed E-state index contributed by atoms with van der Waals surface area (Å²) in [6, 6.07) is 8.65. The first-order chi connectivity index (χ1) is 28.3. The number of hydrogen-bond donors (Lipinski definition) is 6. The molecule has 2 heterocycles. The number of urea groups is 1. The molecule has 0 fully saturated rings. The molecule has 2 aromatic rings. The number of rotatable bonds is 21. The van der Waals surface area contributed by atoms with Gasteiger partial charge in [0.15, 0.2) is 5.71 Å². The summed E-state index contributed by atoms with van der Waals surface area (Å²) in [5.74, 6) is -0.619. The van der Waals surface area contributed by atoms with Crippen molar-refractivity contribution in [1.82, 2.24) is 16.0 Å². The summed E-state index contributed by atoms with van der Waals surface area (Å²) in [6.07, 6.45) is 16.0. The van der Waals surface area contributed by atoms with Crippen LogP contribution in [0.4, 0.5) is 16.2 Å². The fourth-order valence-electron chi connectivity index (χ4n) is 8.02. The number of nitrogens with zero attached hydrogens (tertiary/aromatic N) is 2. The quantitative estimate of drug-likeness (QED) is 0.0352. The zero-order chi connectivity index (χ0) is 44.4. The molecule has 0 bridgehead atoms. The van der Waals surface area contributed by atoms with Crippen molar-refractivity contribution in [3.63, 3.8) is 0 Å². The second kappa shape index (κ2) is 20.2. The molecule has 0 saturated carbocycles. The zero-order valence-corrected chi connectivity index (χ0v) is 36.3. The van der Waals surface area contributed by atoms with Crippen molar-refractivity contribution in [3.8, 4) is 12.3 Å². The summed E-state index contributed by atoms with van der Waals surface area (Å²) >= 11 is 0. The first-order valence-electron chi connectivity index (χ1n) is 20.6. The Hall–Kier alpha value is -5.46. The summed E-state index contributed by atoms with van der Waals surface area (Å²) < 4.78 is 36.3. The SMILES string of the molecule is C#CCC(NC(=O)NC(CCCCNC(=O)C(CCCC)N1C(=CC=CC2=[N+](CCCC)c3ccc(S(=O)(=O)O)cc3C2(C)C)C(C)(C)c2ccccc21)C(=O)O)C(=O)O. The van der Waals surface area contributed by atoms with Crippen LogP contribution in [0.3, 0.4) is 0 Å². The van der Waals surface area contributed by atoms with Crippen molar-refractivity contribution in [3.05, 3.63) is 77.5 Å². The van der Waals surface area contributed by atoms with Crippen molar-refractivity contribution in [1.29, 1.82) is 0 Å². The minimum atomic E-state index is -4.40. The van der Waals surface area contributed by atoms with Gasteiger partial charge in [0, 0.05) is 53.9 Å². The minimum absolute atomic E-state index is 0.0517. The van der Waals surface area contributed by atoms with E-state index in [0.717, 1.165) is 66.1 Å². The van der Waals surface area contributed by atoms with Gasteiger partial charge in [0.2, 0.25) is 11.6 Å². The van der Waals surface area contributed by atoms with Crippen LogP contribution in [-0.4, -0.2) is 88.6 Å². The Morgan fingerprint density at radius 3 is 2.18 bits per heavy atom. The van der Waals surface area contributed by atoms with Gasteiger partial charge in [-0.3, -0.25) is 9.35 Å². The van der Waals surface area contributed by atoms with Crippen molar-refractivity contribution in [2.24, 2.45) is 0 Å². The van der Waals surface area contributed by atoms with Crippen molar-refractivity contribution in [2.45, 2.75) is 133 Å². The van der Waals surface area contributed by atoms with Crippen LogP contribution < -0.4 is 20.9 Å². The number of benzene rings is 2. The van der Waals surface area contributed by atoms with Gasteiger partial charge >= 0.3 is 18.0 Å². The summed E-state index contributed by atoms with van der Waals surface area (Å²) in [4.78, 5) is 51.8. The molecular formula is C45H60N5O9S+. The number of hydrogen-bond acceptors (Lipinski definition) is 7. The van der Waals surface area contributed by atoms with Gasteiger partial charge in [0.05, 0.1) is 10.3 Å². The number of carboxylic acids is 2. The normalized spacial score (nSPS) is 17.4. The average Bonchev–Trinajstić information content (AvgIpc) is 3.54. The predicted octanol–water partition coefficient (Wildman–Crippen LogP) is 6.42. The number of aliphatic carboxylic acids is 2. The van der Waals surface area contributed by atoms with E-state index in [4.69, 9.17) is 6.42 Å². The number of anilines is 1. The lowest BCUT2D eigenvalue weighted by molar-refractivity contribution is -0.438. The minimum Gasteiger partial charge on any atom is -0.480 e. The average molecular weight is 847 g/mol. The molecule has 60 heavy (non-hydrogen) atoms. The van der Waals surface area contributed by atoms with E-state index in [0.29, 0.717) is 19.3 Å². The van der Waals surface area contributed by atoms with Gasteiger partial charge in [-0.1, -0.05) is 71.2 Å².